The minimum atomic E-state index is 0.723. The molecule has 0 N–H and O–H groups in total. The van der Waals surface area contributed by atoms with Crippen LogP contribution in [0.25, 0.3) is 5.65 Å². The maximum atomic E-state index is 4.70. The van der Waals surface area contributed by atoms with Gasteiger partial charge in [-0.2, -0.15) is 11.8 Å². The van der Waals surface area contributed by atoms with Gasteiger partial charge in [-0.25, -0.2) is 4.98 Å². The average molecular weight is 261 g/mol. The number of nitrogens with zero attached hydrogens (tertiary/aromatic N) is 3. The van der Waals surface area contributed by atoms with E-state index in [1.807, 2.05) is 0 Å². The zero-order valence-corrected chi connectivity index (χ0v) is 11.8. The lowest BCUT2D eigenvalue weighted by molar-refractivity contribution is 0.252. The van der Waals surface area contributed by atoms with Crippen LogP contribution in [0.3, 0.4) is 0 Å². The summed E-state index contributed by atoms with van der Waals surface area (Å²) in [4.78, 5) is 7.14. The van der Waals surface area contributed by atoms with Crippen molar-refractivity contribution >= 4 is 17.4 Å². The summed E-state index contributed by atoms with van der Waals surface area (Å²) in [6, 6.07) is 6.98. The van der Waals surface area contributed by atoms with Crippen molar-refractivity contribution in [3.8, 4) is 0 Å². The summed E-state index contributed by atoms with van der Waals surface area (Å²) in [5.41, 5.74) is 3.47. The minimum Gasteiger partial charge on any atom is -0.304 e. The standard InChI is InChI=1S/C14H19N3S/c1-11-4-3-5-14-15-12(9-17(11)14)8-16(2)13-6-7-18-10-13/h3-5,9,13H,6-8,10H2,1-2H3. The molecule has 2 aromatic rings. The highest BCUT2D eigenvalue weighted by Crippen LogP contribution is 2.22. The molecule has 1 atom stereocenters. The molecule has 2 aromatic heterocycles. The highest BCUT2D eigenvalue weighted by Gasteiger charge is 2.20. The Hall–Kier alpha value is -1.00. The number of fused-ring (bicyclic) bond motifs is 1. The van der Waals surface area contributed by atoms with Gasteiger partial charge < -0.3 is 4.40 Å². The molecule has 0 saturated carbocycles. The molecule has 3 nitrogen and oxygen atoms in total. The number of rotatable bonds is 3. The van der Waals surface area contributed by atoms with E-state index in [-0.39, 0.29) is 0 Å². The predicted molar refractivity (Wildman–Crippen MR) is 77.1 cm³/mol. The van der Waals surface area contributed by atoms with Crippen LogP contribution < -0.4 is 0 Å². The number of thioether (sulfide) groups is 1. The fourth-order valence-corrected chi connectivity index (χ4v) is 3.83. The Balaban J connectivity index is 1.80. The number of aromatic nitrogens is 2. The van der Waals surface area contributed by atoms with Gasteiger partial charge in [-0.05, 0) is 38.3 Å². The monoisotopic (exact) mass is 261 g/mol. The molecule has 0 radical (unpaired) electrons. The molecule has 4 heteroatoms. The predicted octanol–water partition coefficient (Wildman–Crippen LogP) is 2.58. The topological polar surface area (TPSA) is 20.5 Å². The number of hydrogen-bond donors (Lipinski definition) is 0. The Kier molecular flexibility index (Phi) is 3.31. The van der Waals surface area contributed by atoms with Crippen molar-refractivity contribution in [3.05, 3.63) is 35.8 Å². The molecular formula is C14H19N3S. The van der Waals surface area contributed by atoms with Gasteiger partial charge in [0.2, 0.25) is 0 Å². The molecule has 1 aliphatic heterocycles. The number of aryl methyl sites for hydroxylation is 1. The SMILES string of the molecule is Cc1cccc2nc(CN(C)C3CCSC3)cn12. The minimum absolute atomic E-state index is 0.723. The summed E-state index contributed by atoms with van der Waals surface area (Å²) in [6.07, 6.45) is 3.48. The molecule has 0 spiro atoms. The molecule has 0 aromatic carbocycles. The maximum absolute atomic E-state index is 4.70. The van der Waals surface area contributed by atoms with Crippen molar-refractivity contribution in [2.24, 2.45) is 0 Å². The number of pyridine rings is 1. The first-order valence-corrected chi connectivity index (χ1v) is 7.61. The van der Waals surface area contributed by atoms with Crippen molar-refractivity contribution in [2.75, 3.05) is 18.6 Å². The highest BCUT2D eigenvalue weighted by molar-refractivity contribution is 7.99. The van der Waals surface area contributed by atoms with E-state index in [0.717, 1.165) is 18.2 Å². The third kappa shape index (κ3) is 2.27. The normalized spacial score (nSPS) is 20.1. The van der Waals surface area contributed by atoms with Gasteiger partial charge in [0, 0.05) is 30.2 Å². The Morgan fingerprint density at radius 3 is 3.11 bits per heavy atom. The van der Waals surface area contributed by atoms with E-state index in [9.17, 15) is 0 Å². The van der Waals surface area contributed by atoms with Crippen LogP contribution >= 0.6 is 11.8 Å². The van der Waals surface area contributed by atoms with Gasteiger partial charge in [0.1, 0.15) is 5.65 Å². The molecule has 1 aliphatic rings. The van der Waals surface area contributed by atoms with Crippen LogP contribution in [0.15, 0.2) is 24.4 Å². The molecule has 0 bridgehead atoms. The molecule has 96 valence electrons. The zero-order valence-electron chi connectivity index (χ0n) is 11.0. The van der Waals surface area contributed by atoms with Gasteiger partial charge in [-0.1, -0.05) is 6.07 Å². The third-order valence-electron chi connectivity index (χ3n) is 3.69. The molecular weight excluding hydrogens is 242 g/mol. The Morgan fingerprint density at radius 1 is 1.50 bits per heavy atom. The van der Waals surface area contributed by atoms with E-state index in [2.05, 4.69) is 59.4 Å². The van der Waals surface area contributed by atoms with Crippen molar-refractivity contribution in [2.45, 2.75) is 25.9 Å². The Morgan fingerprint density at radius 2 is 2.39 bits per heavy atom. The van der Waals surface area contributed by atoms with Crippen LogP contribution in [0.2, 0.25) is 0 Å². The number of hydrogen-bond acceptors (Lipinski definition) is 3. The molecule has 1 fully saturated rings. The summed E-state index contributed by atoms with van der Waals surface area (Å²) in [6.45, 7) is 3.07. The van der Waals surface area contributed by atoms with E-state index in [1.165, 1.54) is 29.3 Å². The van der Waals surface area contributed by atoms with E-state index >= 15 is 0 Å². The van der Waals surface area contributed by atoms with Crippen molar-refractivity contribution in [1.82, 2.24) is 14.3 Å². The average Bonchev–Trinajstić information content (AvgIpc) is 2.97. The molecule has 0 amide bonds. The summed E-state index contributed by atoms with van der Waals surface area (Å²) < 4.78 is 2.17. The van der Waals surface area contributed by atoms with Gasteiger partial charge in [0.25, 0.3) is 0 Å². The van der Waals surface area contributed by atoms with Gasteiger partial charge in [0.05, 0.1) is 5.69 Å². The summed E-state index contributed by atoms with van der Waals surface area (Å²) in [5.74, 6) is 2.57. The van der Waals surface area contributed by atoms with Crippen LogP contribution in [-0.2, 0) is 6.54 Å². The van der Waals surface area contributed by atoms with E-state index in [1.54, 1.807) is 0 Å². The third-order valence-corrected chi connectivity index (χ3v) is 4.83. The maximum Gasteiger partial charge on any atom is 0.137 e. The number of imidazole rings is 1. The van der Waals surface area contributed by atoms with Crippen LogP contribution in [-0.4, -0.2) is 38.9 Å². The molecule has 18 heavy (non-hydrogen) atoms. The zero-order chi connectivity index (χ0) is 12.5. The van der Waals surface area contributed by atoms with Crippen LogP contribution in [0.4, 0.5) is 0 Å². The summed E-state index contributed by atoms with van der Waals surface area (Å²) in [7, 11) is 2.22. The van der Waals surface area contributed by atoms with Crippen molar-refractivity contribution in [3.63, 3.8) is 0 Å². The van der Waals surface area contributed by atoms with Gasteiger partial charge in [-0.3, -0.25) is 4.90 Å². The van der Waals surface area contributed by atoms with Crippen molar-refractivity contribution < 1.29 is 0 Å². The fraction of sp³-hybridized carbons (Fsp3) is 0.500. The molecule has 1 saturated heterocycles. The summed E-state index contributed by atoms with van der Waals surface area (Å²) in [5, 5.41) is 0. The van der Waals surface area contributed by atoms with Crippen LogP contribution in [0, 0.1) is 6.92 Å². The first kappa shape index (κ1) is 12.1. The lowest BCUT2D eigenvalue weighted by Gasteiger charge is -2.22. The second-order valence-corrected chi connectivity index (χ2v) is 6.21. The summed E-state index contributed by atoms with van der Waals surface area (Å²) >= 11 is 2.06. The van der Waals surface area contributed by atoms with Crippen molar-refractivity contribution in [1.29, 1.82) is 0 Å². The largest absolute Gasteiger partial charge is 0.304 e. The van der Waals surface area contributed by atoms with Gasteiger partial charge in [-0.15, -0.1) is 0 Å². The van der Waals surface area contributed by atoms with Gasteiger partial charge >= 0.3 is 0 Å². The van der Waals surface area contributed by atoms with Crippen LogP contribution in [0.5, 0.6) is 0 Å². The second-order valence-electron chi connectivity index (χ2n) is 5.06. The van der Waals surface area contributed by atoms with E-state index in [0.29, 0.717) is 0 Å². The quantitative estimate of drug-likeness (QED) is 0.847. The van der Waals surface area contributed by atoms with Gasteiger partial charge in [0.15, 0.2) is 0 Å². The first-order valence-electron chi connectivity index (χ1n) is 6.45. The molecule has 3 rings (SSSR count). The highest BCUT2D eigenvalue weighted by atomic mass is 32.2. The molecule has 1 unspecified atom stereocenters. The Bertz CT molecular complexity index is 543. The second kappa shape index (κ2) is 4.94. The smallest absolute Gasteiger partial charge is 0.137 e. The van der Waals surface area contributed by atoms with E-state index in [4.69, 9.17) is 4.98 Å². The van der Waals surface area contributed by atoms with Crippen LogP contribution in [0.1, 0.15) is 17.8 Å². The lowest BCUT2D eigenvalue weighted by atomic mass is 10.2. The lowest BCUT2D eigenvalue weighted by Crippen LogP contribution is -2.30. The molecule has 0 aliphatic carbocycles. The fourth-order valence-electron chi connectivity index (χ4n) is 2.53. The first-order chi connectivity index (χ1) is 8.74. The Labute approximate surface area is 112 Å². The molecule has 3 heterocycles. The van der Waals surface area contributed by atoms with E-state index < -0.39 is 0 Å².